The number of hydrogen-bond acceptors (Lipinski definition) is 8. The largest absolute Gasteiger partial charge is 0.455 e. The molecule has 5 rings (SSSR count). The van der Waals surface area contributed by atoms with E-state index in [0.717, 1.165) is 30.7 Å². The fourth-order valence-corrected chi connectivity index (χ4v) is 5.92. The maximum atomic E-state index is 13.1. The number of carbonyl (C=O) groups excluding carboxylic acids is 1. The Hall–Kier alpha value is -3.81. The van der Waals surface area contributed by atoms with Crippen molar-refractivity contribution >= 4 is 48.6 Å². The summed E-state index contributed by atoms with van der Waals surface area (Å²) >= 11 is 3.34. The minimum Gasteiger partial charge on any atom is -0.455 e. The number of aryl methyl sites for hydroxylation is 1. The van der Waals surface area contributed by atoms with Crippen LogP contribution in [0.25, 0.3) is 11.0 Å². The molecule has 11 nitrogen and oxygen atoms in total. The number of halogens is 1. The van der Waals surface area contributed by atoms with Crippen molar-refractivity contribution in [3.63, 3.8) is 0 Å². The van der Waals surface area contributed by atoms with Gasteiger partial charge in [-0.1, -0.05) is 22.0 Å². The number of aromatic amines is 1. The van der Waals surface area contributed by atoms with Crippen LogP contribution in [-0.2, 0) is 21.2 Å². The molecule has 208 valence electrons. The van der Waals surface area contributed by atoms with Crippen molar-refractivity contribution in [2.75, 3.05) is 13.2 Å². The zero-order chi connectivity index (χ0) is 28.3. The number of nitro groups is 1. The second kappa shape index (κ2) is 11.7. The molecule has 0 unspecified atom stereocenters. The Morgan fingerprint density at radius 1 is 1.18 bits per heavy atom. The first-order valence-corrected chi connectivity index (χ1v) is 14.8. The number of ether oxygens (including phenoxy) is 2. The molecular formula is C27H25BrN4O7S. The van der Waals surface area contributed by atoms with Crippen LogP contribution in [0.1, 0.15) is 35.2 Å². The van der Waals surface area contributed by atoms with E-state index < -0.39 is 20.9 Å². The van der Waals surface area contributed by atoms with Gasteiger partial charge in [-0.15, -0.1) is 0 Å². The lowest BCUT2D eigenvalue weighted by atomic mass is 9.92. The van der Waals surface area contributed by atoms with Gasteiger partial charge in [0.15, 0.2) is 0 Å². The monoisotopic (exact) mass is 628 g/mol. The Morgan fingerprint density at radius 3 is 2.75 bits per heavy atom. The molecule has 0 radical (unpaired) electrons. The Labute approximate surface area is 238 Å². The van der Waals surface area contributed by atoms with E-state index in [1.54, 1.807) is 18.3 Å². The van der Waals surface area contributed by atoms with Gasteiger partial charge in [-0.05, 0) is 68.0 Å². The van der Waals surface area contributed by atoms with Crippen LogP contribution in [0.15, 0.2) is 70.3 Å². The highest BCUT2D eigenvalue weighted by molar-refractivity contribution is 9.10. The molecule has 0 aliphatic carbocycles. The number of pyridine rings is 1. The second-order valence-corrected chi connectivity index (χ2v) is 12.0. The van der Waals surface area contributed by atoms with E-state index in [2.05, 4.69) is 25.9 Å². The molecule has 1 aliphatic rings. The van der Waals surface area contributed by atoms with Crippen molar-refractivity contribution in [1.82, 2.24) is 14.7 Å². The van der Waals surface area contributed by atoms with Crippen LogP contribution < -0.4 is 9.46 Å². The highest BCUT2D eigenvalue weighted by Gasteiger charge is 2.26. The van der Waals surface area contributed by atoms with Crippen LogP contribution in [0.4, 0.5) is 5.69 Å². The van der Waals surface area contributed by atoms with Crippen LogP contribution in [0.3, 0.4) is 0 Å². The van der Waals surface area contributed by atoms with Crippen molar-refractivity contribution in [2.24, 2.45) is 5.92 Å². The second-order valence-electron chi connectivity index (χ2n) is 9.41. The summed E-state index contributed by atoms with van der Waals surface area (Å²) in [7, 11) is -4.44. The number of fused-ring (bicyclic) bond motifs is 1. The van der Waals surface area contributed by atoms with E-state index in [-0.39, 0.29) is 21.9 Å². The summed E-state index contributed by atoms with van der Waals surface area (Å²) in [5, 5.41) is 12.6. The lowest BCUT2D eigenvalue weighted by Crippen LogP contribution is -2.31. The van der Waals surface area contributed by atoms with Crippen LogP contribution >= 0.6 is 15.9 Å². The number of amides is 1. The number of rotatable bonds is 9. The molecule has 1 saturated heterocycles. The minimum atomic E-state index is -4.44. The Kier molecular flexibility index (Phi) is 8.14. The van der Waals surface area contributed by atoms with Crippen LogP contribution in [0.2, 0.25) is 0 Å². The quantitative estimate of drug-likeness (QED) is 0.182. The summed E-state index contributed by atoms with van der Waals surface area (Å²) in [4.78, 5) is 31.2. The molecule has 1 aliphatic heterocycles. The van der Waals surface area contributed by atoms with E-state index in [1.807, 2.05) is 10.8 Å². The number of carbonyl (C=O) groups is 1. The SMILES string of the molecule is O=C(NS(=O)(=O)c1ccc(CCC2CCOCC2)c([N+](=O)[O-])c1)c1ccc(Br)cc1Oc1cnc2[nH]ccc2c1. The van der Waals surface area contributed by atoms with Crippen molar-refractivity contribution in [3.8, 4) is 11.5 Å². The number of H-pyrrole nitrogens is 1. The summed E-state index contributed by atoms with van der Waals surface area (Å²) in [6.45, 7) is 1.35. The van der Waals surface area contributed by atoms with E-state index in [4.69, 9.17) is 9.47 Å². The molecular weight excluding hydrogens is 604 g/mol. The maximum Gasteiger partial charge on any atom is 0.273 e. The zero-order valence-corrected chi connectivity index (χ0v) is 23.5. The lowest BCUT2D eigenvalue weighted by molar-refractivity contribution is -0.385. The van der Waals surface area contributed by atoms with Gasteiger partial charge in [0.1, 0.15) is 17.1 Å². The van der Waals surface area contributed by atoms with Gasteiger partial charge in [-0.25, -0.2) is 18.1 Å². The van der Waals surface area contributed by atoms with Gasteiger partial charge in [0.25, 0.3) is 21.6 Å². The van der Waals surface area contributed by atoms with E-state index in [0.29, 0.717) is 47.0 Å². The first-order valence-electron chi connectivity index (χ1n) is 12.5. The maximum absolute atomic E-state index is 13.1. The van der Waals surface area contributed by atoms with Gasteiger partial charge < -0.3 is 14.5 Å². The summed E-state index contributed by atoms with van der Waals surface area (Å²) in [6, 6.07) is 11.8. The number of nitrogens with one attached hydrogen (secondary N) is 2. The molecule has 4 aromatic rings. The molecule has 2 aromatic heterocycles. The summed E-state index contributed by atoms with van der Waals surface area (Å²) in [5.41, 5.74) is 0.749. The third-order valence-electron chi connectivity index (χ3n) is 6.74. The highest BCUT2D eigenvalue weighted by Crippen LogP contribution is 2.31. The van der Waals surface area contributed by atoms with Gasteiger partial charge >= 0.3 is 0 Å². The third-order valence-corrected chi connectivity index (χ3v) is 8.57. The molecule has 2 N–H and O–H groups in total. The van der Waals surface area contributed by atoms with Crippen LogP contribution in [0, 0.1) is 16.0 Å². The first-order chi connectivity index (χ1) is 19.2. The van der Waals surface area contributed by atoms with Gasteiger partial charge in [0.05, 0.1) is 21.6 Å². The minimum absolute atomic E-state index is 0.0523. The summed E-state index contributed by atoms with van der Waals surface area (Å²) in [5.74, 6) is -0.120. The molecule has 13 heteroatoms. The first kappa shape index (κ1) is 27.7. The molecule has 0 spiro atoms. The van der Waals surface area contributed by atoms with Gasteiger partial charge in [0.2, 0.25) is 0 Å². The van der Waals surface area contributed by atoms with Crippen LogP contribution in [-0.4, -0.2) is 42.4 Å². The molecule has 0 atom stereocenters. The van der Waals surface area contributed by atoms with E-state index in [9.17, 15) is 23.3 Å². The number of aromatic nitrogens is 2. The Balaban J connectivity index is 1.35. The van der Waals surface area contributed by atoms with Crippen molar-refractivity contribution in [2.45, 2.75) is 30.6 Å². The number of benzene rings is 2. The molecule has 2 aromatic carbocycles. The van der Waals surface area contributed by atoms with Gasteiger partial charge in [-0.3, -0.25) is 14.9 Å². The fraction of sp³-hybridized carbons (Fsp3) is 0.259. The molecule has 3 heterocycles. The van der Waals surface area contributed by atoms with Gasteiger partial charge in [-0.2, -0.15) is 0 Å². The third kappa shape index (κ3) is 6.32. The normalized spacial score (nSPS) is 14.2. The van der Waals surface area contributed by atoms with Crippen molar-refractivity contribution in [1.29, 1.82) is 0 Å². The number of hydrogen-bond donors (Lipinski definition) is 2. The van der Waals surface area contributed by atoms with Gasteiger partial charge in [0, 0.05) is 40.9 Å². The summed E-state index contributed by atoms with van der Waals surface area (Å²) < 4.78 is 40.1. The lowest BCUT2D eigenvalue weighted by Gasteiger charge is -2.21. The molecule has 1 fully saturated rings. The van der Waals surface area contributed by atoms with Crippen LogP contribution in [0.5, 0.6) is 11.5 Å². The van der Waals surface area contributed by atoms with E-state index in [1.165, 1.54) is 30.5 Å². The topological polar surface area (TPSA) is 154 Å². The highest BCUT2D eigenvalue weighted by atomic mass is 79.9. The molecule has 0 bridgehead atoms. The van der Waals surface area contributed by atoms with Crippen molar-refractivity contribution < 1.29 is 27.6 Å². The predicted octanol–water partition coefficient (Wildman–Crippen LogP) is 5.50. The average Bonchev–Trinajstić information content (AvgIpc) is 3.40. The fourth-order valence-electron chi connectivity index (χ4n) is 4.59. The summed E-state index contributed by atoms with van der Waals surface area (Å²) in [6.07, 6.45) is 6.17. The number of nitrogens with zero attached hydrogens (tertiary/aromatic N) is 2. The zero-order valence-electron chi connectivity index (χ0n) is 21.1. The van der Waals surface area contributed by atoms with Crippen molar-refractivity contribution in [3.05, 3.63) is 86.6 Å². The smallest absolute Gasteiger partial charge is 0.273 e. The van der Waals surface area contributed by atoms with E-state index >= 15 is 0 Å². The average molecular weight is 629 g/mol. The molecule has 40 heavy (non-hydrogen) atoms. The molecule has 0 saturated carbocycles. The molecule has 1 amide bonds. The standard InChI is InChI=1S/C27H25BrN4O7S/c28-20-4-6-23(25(14-20)39-21-13-19-7-10-29-26(19)30-16-21)27(33)31-40(36,37)22-5-3-18(24(15-22)32(34)35)2-1-17-8-11-38-12-9-17/h3-7,10,13-17H,1-2,8-9,11-12H2,(H,29,30)(H,31,33). The Morgan fingerprint density at radius 2 is 1.98 bits per heavy atom. The predicted molar refractivity (Wildman–Crippen MR) is 150 cm³/mol. The number of sulfonamides is 1. The Bertz CT molecular complexity index is 1680. The number of nitro benzene ring substituents is 1.